The van der Waals surface area contributed by atoms with Gasteiger partial charge in [0.25, 0.3) is 5.91 Å². The second-order valence-electron chi connectivity index (χ2n) is 7.57. The van der Waals surface area contributed by atoms with Crippen LogP contribution in [0.2, 0.25) is 0 Å². The lowest BCUT2D eigenvalue weighted by Gasteiger charge is -2.20. The van der Waals surface area contributed by atoms with Gasteiger partial charge in [-0.05, 0) is 42.2 Å². The normalized spacial score (nSPS) is 12.5. The number of aromatic nitrogens is 1. The molecule has 3 rings (SSSR count). The quantitative estimate of drug-likeness (QED) is 0.489. The van der Waals surface area contributed by atoms with Crippen LogP contribution in [0.25, 0.3) is 11.3 Å². The molecule has 146 valence electrons. The largest absolute Gasteiger partial charge is 0.481 e. The first-order chi connectivity index (χ1) is 13.2. The minimum absolute atomic E-state index is 0.0818. The van der Waals surface area contributed by atoms with Crippen molar-refractivity contribution >= 4 is 38.3 Å². The van der Waals surface area contributed by atoms with Crippen molar-refractivity contribution in [3.05, 3.63) is 63.9 Å². The minimum Gasteiger partial charge on any atom is -0.481 e. The number of hydrogen-bond acceptors (Lipinski definition) is 4. The van der Waals surface area contributed by atoms with E-state index >= 15 is 0 Å². The van der Waals surface area contributed by atoms with Crippen molar-refractivity contribution in [2.45, 2.75) is 39.2 Å². The van der Waals surface area contributed by atoms with E-state index < -0.39 is 6.10 Å². The van der Waals surface area contributed by atoms with E-state index in [9.17, 15) is 4.79 Å². The zero-order valence-electron chi connectivity index (χ0n) is 16.3. The van der Waals surface area contributed by atoms with Crippen LogP contribution in [0.1, 0.15) is 33.3 Å². The van der Waals surface area contributed by atoms with Gasteiger partial charge in [-0.1, -0.05) is 61.0 Å². The molecule has 0 bridgehead atoms. The molecule has 2 aromatic carbocycles. The molecule has 4 nitrogen and oxygen atoms in total. The molecule has 1 heterocycles. The number of amides is 1. The van der Waals surface area contributed by atoms with Gasteiger partial charge in [0.05, 0.1) is 5.69 Å². The van der Waals surface area contributed by atoms with E-state index in [4.69, 9.17) is 4.74 Å². The minimum atomic E-state index is -0.626. The Morgan fingerprint density at radius 3 is 2.54 bits per heavy atom. The van der Waals surface area contributed by atoms with Crippen LogP contribution in [0.5, 0.6) is 5.75 Å². The predicted molar refractivity (Wildman–Crippen MR) is 119 cm³/mol. The van der Waals surface area contributed by atoms with Gasteiger partial charge in [-0.15, -0.1) is 11.3 Å². The van der Waals surface area contributed by atoms with Gasteiger partial charge < -0.3 is 4.74 Å². The number of thiazole rings is 1. The lowest BCUT2D eigenvalue weighted by Crippen LogP contribution is -2.30. The standard InChI is InChI=1S/C22H23BrN2O2S/c1-14(27-18-10-8-16(9-11-18)22(2,3)4)20(26)25-21-24-19(13-28-21)15-6-5-7-17(23)12-15/h5-14H,1-4H3,(H,24,25,26). The zero-order chi connectivity index (χ0) is 20.3. The van der Waals surface area contributed by atoms with E-state index in [1.807, 2.05) is 53.9 Å². The Balaban J connectivity index is 1.62. The molecule has 0 saturated carbocycles. The van der Waals surface area contributed by atoms with Gasteiger partial charge in [0, 0.05) is 15.4 Å². The van der Waals surface area contributed by atoms with Crippen molar-refractivity contribution in [2.24, 2.45) is 0 Å². The highest BCUT2D eigenvalue weighted by Gasteiger charge is 2.18. The molecule has 0 fully saturated rings. The van der Waals surface area contributed by atoms with Crippen LogP contribution in [0.4, 0.5) is 5.13 Å². The molecule has 0 saturated heterocycles. The molecule has 1 atom stereocenters. The van der Waals surface area contributed by atoms with Crippen LogP contribution in [0.3, 0.4) is 0 Å². The summed E-state index contributed by atoms with van der Waals surface area (Å²) in [6.07, 6.45) is -0.626. The molecular weight excluding hydrogens is 436 g/mol. The average Bonchev–Trinajstić information content (AvgIpc) is 3.10. The number of hydrogen-bond donors (Lipinski definition) is 1. The number of anilines is 1. The number of nitrogens with one attached hydrogen (secondary N) is 1. The lowest BCUT2D eigenvalue weighted by molar-refractivity contribution is -0.122. The number of halogens is 1. The fourth-order valence-corrected chi connectivity index (χ4v) is 3.73. The van der Waals surface area contributed by atoms with E-state index in [0.717, 1.165) is 15.7 Å². The molecule has 1 unspecified atom stereocenters. The Labute approximate surface area is 178 Å². The summed E-state index contributed by atoms with van der Waals surface area (Å²) in [6.45, 7) is 8.22. The third-order valence-electron chi connectivity index (χ3n) is 4.26. The number of ether oxygens (including phenoxy) is 1. The molecule has 28 heavy (non-hydrogen) atoms. The molecule has 0 aliphatic carbocycles. The molecule has 0 radical (unpaired) electrons. The van der Waals surface area contributed by atoms with Crippen LogP contribution in [0.15, 0.2) is 58.4 Å². The summed E-state index contributed by atoms with van der Waals surface area (Å²) >= 11 is 4.85. The van der Waals surface area contributed by atoms with Crippen LogP contribution in [-0.4, -0.2) is 17.0 Å². The number of nitrogens with zero attached hydrogens (tertiary/aromatic N) is 1. The Kier molecular flexibility index (Phi) is 6.20. The SMILES string of the molecule is CC(Oc1ccc(C(C)(C)C)cc1)C(=O)Nc1nc(-c2cccc(Br)c2)cs1. The van der Waals surface area contributed by atoms with Crippen LogP contribution >= 0.6 is 27.3 Å². The highest BCUT2D eigenvalue weighted by molar-refractivity contribution is 9.10. The van der Waals surface area contributed by atoms with E-state index in [-0.39, 0.29) is 11.3 Å². The van der Waals surface area contributed by atoms with Gasteiger partial charge in [0.2, 0.25) is 0 Å². The monoisotopic (exact) mass is 458 g/mol. The first-order valence-corrected chi connectivity index (χ1v) is 10.7. The van der Waals surface area contributed by atoms with Crippen molar-refractivity contribution in [1.82, 2.24) is 4.98 Å². The fourth-order valence-electron chi connectivity index (χ4n) is 2.61. The Bertz CT molecular complexity index is 961. The summed E-state index contributed by atoms with van der Waals surface area (Å²) in [7, 11) is 0. The second-order valence-corrected chi connectivity index (χ2v) is 9.35. The maximum atomic E-state index is 12.5. The smallest absolute Gasteiger partial charge is 0.266 e. The van der Waals surface area contributed by atoms with Gasteiger partial charge in [-0.3, -0.25) is 10.1 Å². The van der Waals surface area contributed by atoms with Gasteiger partial charge in [-0.25, -0.2) is 4.98 Å². The van der Waals surface area contributed by atoms with Crippen molar-refractivity contribution < 1.29 is 9.53 Å². The van der Waals surface area contributed by atoms with Crippen LogP contribution in [-0.2, 0) is 10.2 Å². The van der Waals surface area contributed by atoms with Crippen molar-refractivity contribution in [2.75, 3.05) is 5.32 Å². The highest BCUT2D eigenvalue weighted by Crippen LogP contribution is 2.27. The summed E-state index contributed by atoms with van der Waals surface area (Å²) < 4.78 is 6.77. The third-order valence-corrected chi connectivity index (χ3v) is 5.51. The lowest BCUT2D eigenvalue weighted by atomic mass is 9.87. The summed E-state index contributed by atoms with van der Waals surface area (Å²) in [5, 5.41) is 5.31. The maximum Gasteiger partial charge on any atom is 0.266 e. The van der Waals surface area contributed by atoms with Gasteiger partial charge in [-0.2, -0.15) is 0 Å². The zero-order valence-corrected chi connectivity index (χ0v) is 18.7. The van der Waals surface area contributed by atoms with Crippen molar-refractivity contribution in [3.63, 3.8) is 0 Å². The van der Waals surface area contributed by atoms with Crippen molar-refractivity contribution in [1.29, 1.82) is 0 Å². The number of carbonyl (C=O) groups is 1. The summed E-state index contributed by atoms with van der Waals surface area (Å²) in [5.74, 6) is 0.444. The number of rotatable bonds is 5. The van der Waals surface area contributed by atoms with E-state index in [2.05, 4.69) is 47.0 Å². The Morgan fingerprint density at radius 2 is 1.89 bits per heavy atom. The van der Waals surface area contributed by atoms with Gasteiger partial charge >= 0.3 is 0 Å². The fraction of sp³-hybridized carbons (Fsp3) is 0.273. The Hall–Kier alpha value is -2.18. The number of benzene rings is 2. The molecule has 6 heteroatoms. The summed E-state index contributed by atoms with van der Waals surface area (Å²) in [5.41, 5.74) is 3.13. The number of carbonyl (C=O) groups excluding carboxylic acids is 1. The van der Waals surface area contributed by atoms with Crippen LogP contribution in [0, 0.1) is 0 Å². The summed E-state index contributed by atoms with van der Waals surface area (Å²) in [4.78, 5) is 17.0. The second kappa shape index (κ2) is 8.45. The predicted octanol–water partition coefficient (Wildman–Crippen LogP) is 6.28. The maximum absolute atomic E-state index is 12.5. The van der Waals surface area contributed by atoms with E-state index in [0.29, 0.717) is 10.9 Å². The molecular formula is C22H23BrN2O2S. The first-order valence-electron chi connectivity index (χ1n) is 9.02. The van der Waals surface area contributed by atoms with E-state index in [1.165, 1.54) is 16.9 Å². The third kappa shape index (κ3) is 5.20. The molecule has 1 amide bonds. The van der Waals surface area contributed by atoms with Gasteiger partial charge in [0.1, 0.15) is 5.75 Å². The van der Waals surface area contributed by atoms with E-state index in [1.54, 1.807) is 6.92 Å². The van der Waals surface area contributed by atoms with Crippen molar-refractivity contribution in [3.8, 4) is 17.0 Å². The average molecular weight is 459 g/mol. The highest BCUT2D eigenvalue weighted by atomic mass is 79.9. The molecule has 1 aromatic heterocycles. The Morgan fingerprint density at radius 1 is 1.18 bits per heavy atom. The molecule has 0 aliphatic heterocycles. The first kappa shape index (κ1) is 20.6. The molecule has 3 aromatic rings. The summed E-state index contributed by atoms with van der Waals surface area (Å²) in [6, 6.07) is 15.8. The topological polar surface area (TPSA) is 51.2 Å². The van der Waals surface area contributed by atoms with Gasteiger partial charge in [0.15, 0.2) is 11.2 Å². The molecule has 1 N–H and O–H groups in total. The molecule has 0 spiro atoms. The van der Waals surface area contributed by atoms with Crippen LogP contribution < -0.4 is 10.1 Å². The molecule has 0 aliphatic rings.